The highest BCUT2D eigenvalue weighted by molar-refractivity contribution is 8.00. The number of carbonyl (C=O) groups is 2. The van der Waals surface area contributed by atoms with Gasteiger partial charge in [0.25, 0.3) is 0 Å². The van der Waals surface area contributed by atoms with Crippen molar-refractivity contribution in [2.24, 2.45) is 0 Å². The fourth-order valence-electron chi connectivity index (χ4n) is 4.09. The normalized spacial score (nSPS) is 12.9. The molecular weight excluding hydrogens is 547 g/mol. The van der Waals surface area contributed by atoms with Gasteiger partial charge in [0.1, 0.15) is 13.2 Å². The third-order valence-electron chi connectivity index (χ3n) is 6.87. The van der Waals surface area contributed by atoms with E-state index in [0.29, 0.717) is 19.3 Å². The molecule has 10 heteroatoms. The molecule has 40 heavy (non-hydrogen) atoms. The van der Waals surface area contributed by atoms with Crippen molar-refractivity contribution in [1.29, 1.82) is 5.26 Å². The molecule has 1 amide bonds. The first-order valence-electron chi connectivity index (χ1n) is 15.5. The summed E-state index contributed by atoms with van der Waals surface area (Å²) in [4.78, 5) is 23.7. The Bertz CT molecular complexity index is 706. The SMILES string of the molecule is CCCCCCCCCCCCCCCCCC(=O)OCCCO[P+](=O)OCCNC(=O)CCC(C)(C#N)SC. The van der Waals surface area contributed by atoms with E-state index in [4.69, 9.17) is 19.0 Å². The highest BCUT2D eigenvalue weighted by Crippen LogP contribution is 2.26. The molecule has 0 aromatic heterocycles. The summed E-state index contributed by atoms with van der Waals surface area (Å²) in [7, 11) is -2.29. The van der Waals surface area contributed by atoms with Crippen LogP contribution in [0.25, 0.3) is 0 Å². The average Bonchev–Trinajstić information content (AvgIpc) is 2.95. The van der Waals surface area contributed by atoms with Crippen LogP contribution in [0.5, 0.6) is 0 Å². The Morgan fingerprint density at radius 3 is 1.85 bits per heavy atom. The van der Waals surface area contributed by atoms with Gasteiger partial charge in [-0.25, -0.2) is 0 Å². The van der Waals surface area contributed by atoms with Gasteiger partial charge in [-0.15, -0.1) is 20.8 Å². The van der Waals surface area contributed by atoms with Gasteiger partial charge in [0, 0.05) is 30.4 Å². The van der Waals surface area contributed by atoms with Gasteiger partial charge in [0.15, 0.2) is 0 Å². The van der Waals surface area contributed by atoms with Crippen LogP contribution in [-0.4, -0.2) is 49.2 Å². The molecule has 0 heterocycles. The Balaban J connectivity index is 3.44. The molecule has 0 spiro atoms. The van der Waals surface area contributed by atoms with Gasteiger partial charge in [-0.3, -0.25) is 9.59 Å². The number of unbranched alkanes of at least 4 members (excludes halogenated alkanes) is 14. The van der Waals surface area contributed by atoms with E-state index < -0.39 is 13.0 Å². The van der Waals surface area contributed by atoms with Crippen molar-refractivity contribution in [3.8, 4) is 6.07 Å². The van der Waals surface area contributed by atoms with E-state index in [1.54, 1.807) is 6.92 Å². The molecule has 0 rings (SSSR count). The summed E-state index contributed by atoms with van der Waals surface area (Å²) in [5, 5.41) is 11.8. The second kappa shape index (κ2) is 27.9. The molecule has 0 radical (unpaired) electrons. The van der Waals surface area contributed by atoms with E-state index in [1.807, 2.05) is 6.26 Å². The number of esters is 1. The lowest BCUT2D eigenvalue weighted by Crippen LogP contribution is -2.29. The Hall–Kier alpha value is -1.20. The predicted molar refractivity (Wildman–Crippen MR) is 164 cm³/mol. The second-order valence-electron chi connectivity index (χ2n) is 10.6. The Kier molecular flexibility index (Phi) is 27.1. The summed E-state index contributed by atoms with van der Waals surface area (Å²) in [5.74, 6) is -0.375. The number of thioether (sulfide) groups is 1. The summed E-state index contributed by atoms with van der Waals surface area (Å²) >= 11 is 1.42. The number of rotatable bonds is 29. The van der Waals surface area contributed by atoms with Crippen molar-refractivity contribution in [3.05, 3.63) is 0 Å². The van der Waals surface area contributed by atoms with Crippen molar-refractivity contribution in [1.82, 2.24) is 5.32 Å². The first-order valence-corrected chi connectivity index (χ1v) is 17.8. The van der Waals surface area contributed by atoms with E-state index in [9.17, 15) is 14.2 Å². The number of ether oxygens (including phenoxy) is 1. The molecule has 0 fully saturated rings. The fraction of sp³-hybridized carbons (Fsp3) is 0.900. The number of nitrogens with one attached hydrogen (secondary N) is 1. The quantitative estimate of drug-likeness (QED) is 0.0515. The number of carbonyl (C=O) groups excluding carboxylic acids is 2. The minimum absolute atomic E-state index is 0.0627. The second-order valence-corrected chi connectivity index (χ2v) is 12.8. The topological polar surface area (TPSA) is 115 Å². The molecule has 0 bridgehead atoms. The molecule has 232 valence electrons. The van der Waals surface area contributed by atoms with Gasteiger partial charge in [-0.2, -0.15) is 5.26 Å². The van der Waals surface area contributed by atoms with Gasteiger partial charge >= 0.3 is 14.2 Å². The average molecular weight is 604 g/mol. The zero-order valence-corrected chi connectivity index (χ0v) is 27.2. The molecule has 8 nitrogen and oxygen atoms in total. The highest BCUT2D eigenvalue weighted by Gasteiger charge is 2.23. The van der Waals surface area contributed by atoms with Crippen LogP contribution < -0.4 is 5.32 Å². The van der Waals surface area contributed by atoms with Gasteiger partial charge in [0.2, 0.25) is 5.91 Å². The summed E-state index contributed by atoms with van der Waals surface area (Å²) in [5.41, 5.74) is 0. The smallest absolute Gasteiger partial charge is 0.466 e. The van der Waals surface area contributed by atoms with Crippen molar-refractivity contribution < 1.29 is 27.9 Å². The summed E-state index contributed by atoms with van der Waals surface area (Å²) in [6, 6.07) is 2.20. The van der Waals surface area contributed by atoms with Gasteiger partial charge < -0.3 is 10.1 Å². The number of hydrogen-bond donors (Lipinski definition) is 1. The van der Waals surface area contributed by atoms with Gasteiger partial charge in [0.05, 0.1) is 17.4 Å². The molecule has 0 aliphatic heterocycles. The molecule has 0 aromatic rings. The summed E-state index contributed by atoms with van der Waals surface area (Å²) in [6.07, 6.45) is 22.8. The van der Waals surface area contributed by atoms with Gasteiger partial charge in [-0.05, 0) is 26.0 Å². The van der Waals surface area contributed by atoms with Crippen LogP contribution in [0.2, 0.25) is 0 Å². The van der Waals surface area contributed by atoms with Crippen LogP contribution in [0.15, 0.2) is 0 Å². The lowest BCUT2D eigenvalue weighted by Gasteiger charge is -2.17. The third kappa shape index (κ3) is 25.7. The molecule has 2 unspecified atom stereocenters. The van der Waals surface area contributed by atoms with E-state index >= 15 is 0 Å². The number of nitriles is 1. The molecule has 0 saturated carbocycles. The largest absolute Gasteiger partial charge is 0.697 e. The molecule has 0 saturated heterocycles. The molecule has 0 aromatic carbocycles. The zero-order valence-electron chi connectivity index (χ0n) is 25.5. The molecule has 2 atom stereocenters. The molecule has 0 aliphatic rings. The van der Waals surface area contributed by atoms with Crippen LogP contribution in [0, 0.1) is 11.3 Å². The minimum atomic E-state index is -2.29. The van der Waals surface area contributed by atoms with Crippen molar-refractivity contribution in [2.45, 2.75) is 141 Å². The van der Waals surface area contributed by atoms with Crippen LogP contribution in [0.3, 0.4) is 0 Å². The first kappa shape index (κ1) is 38.8. The van der Waals surface area contributed by atoms with E-state index in [-0.39, 0.29) is 44.7 Å². The lowest BCUT2D eigenvalue weighted by molar-refractivity contribution is -0.144. The molecular formula is C30H56N2O6PS+. The van der Waals surface area contributed by atoms with Crippen LogP contribution in [-0.2, 0) is 27.9 Å². The molecule has 1 N–H and O–H groups in total. The maximum atomic E-state index is 11.8. The van der Waals surface area contributed by atoms with Crippen molar-refractivity contribution >= 4 is 31.9 Å². The Morgan fingerprint density at radius 2 is 1.32 bits per heavy atom. The maximum absolute atomic E-state index is 11.8. The summed E-state index contributed by atoms with van der Waals surface area (Å²) in [6.45, 7) is 4.73. The van der Waals surface area contributed by atoms with E-state index in [0.717, 1.165) is 12.8 Å². The van der Waals surface area contributed by atoms with E-state index in [2.05, 4.69) is 18.3 Å². The van der Waals surface area contributed by atoms with Crippen LogP contribution in [0.1, 0.15) is 136 Å². The highest BCUT2D eigenvalue weighted by atomic mass is 32.2. The number of hydrogen-bond acceptors (Lipinski definition) is 8. The fourth-order valence-corrected chi connectivity index (χ4v) is 5.08. The Morgan fingerprint density at radius 1 is 0.800 bits per heavy atom. The van der Waals surface area contributed by atoms with Crippen LogP contribution in [0.4, 0.5) is 0 Å². The van der Waals surface area contributed by atoms with Crippen molar-refractivity contribution in [2.75, 3.05) is 32.6 Å². The standard InChI is InChI=1S/C30H55N2O6PS/c1-4-5-6-7-8-9-10-11-12-13-14-15-16-17-18-20-29(34)36-24-19-25-37-39(35)38-26-23-32-28(33)21-22-30(2,27-31)40-3/h4-26H2,1-3H3/p+1. The Labute approximate surface area is 249 Å². The van der Waals surface area contributed by atoms with Crippen LogP contribution >= 0.6 is 20.0 Å². The zero-order chi connectivity index (χ0) is 29.7. The molecule has 0 aliphatic carbocycles. The predicted octanol–water partition coefficient (Wildman–Crippen LogP) is 8.41. The maximum Gasteiger partial charge on any atom is 0.697 e. The number of nitrogens with zero attached hydrogens (tertiary/aromatic N) is 1. The first-order chi connectivity index (χ1) is 19.4. The third-order valence-corrected chi connectivity index (χ3v) is 8.85. The van der Waals surface area contributed by atoms with Crippen molar-refractivity contribution in [3.63, 3.8) is 0 Å². The lowest BCUT2D eigenvalue weighted by atomic mass is 10.0. The summed E-state index contributed by atoms with van der Waals surface area (Å²) < 4.78 is 26.5. The monoisotopic (exact) mass is 603 g/mol. The van der Waals surface area contributed by atoms with Gasteiger partial charge in [-0.1, -0.05) is 96.8 Å². The van der Waals surface area contributed by atoms with E-state index in [1.165, 1.54) is 95.2 Å². The number of amides is 1. The minimum Gasteiger partial charge on any atom is -0.466 e.